The minimum absolute atomic E-state index is 0.121. The van der Waals surface area contributed by atoms with Crippen molar-refractivity contribution in [2.24, 2.45) is 11.7 Å². The fourth-order valence-electron chi connectivity index (χ4n) is 2.18. The largest absolute Gasteiger partial charge is 0.391 e. The molecule has 0 aliphatic heterocycles. The summed E-state index contributed by atoms with van der Waals surface area (Å²) in [5, 5.41) is 9.39. The zero-order valence-corrected chi connectivity index (χ0v) is 9.49. The number of hydrogen-bond acceptors (Lipinski definition) is 3. The predicted molar refractivity (Wildman–Crippen MR) is 57.0 cm³/mol. The lowest BCUT2D eigenvalue weighted by atomic mass is 10.00. The Bertz CT molecular complexity index is 184. The molecule has 0 heterocycles. The summed E-state index contributed by atoms with van der Waals surface area (Å²) < 4.78 is 5.90. The lowest BCUT2D eigenvalue weighted by Gasteiger charge is -2.32. The number of ether oxygens (including phenoxy) is 1. The van der Waals surface area contributed by atoms with Crippen LogP contribution >= 0.6 is 0 Å². The molecular weight excluding hydrogens is 178 g/mol. The summed E-state index contributed by atoms with van der Waals surface area (Å²) in [6.07, 6.45) is 2.70. The van der Waals surface area contributed by atoms with Crippen LogP contribution in [0.2, 0.25) is 0 Å². The van der Waals surface area contributed by atoms with Gasteiger partial charge in [0.15, 0.2) is 0 Å². The molecule has 0 aromatic heterocycles. The molecule has 0 aromatic carbocycles. The van der Waals surface area contributed by atoms with Crippen LogP contribution in [0, 0.1) is 5.92 Å². The maximum absolute atomic E-state index is 9.39. The van der Waals surface area contributed by atoms with E-state index in [0.717, 1.165) is 12.8 Å². The molecule has 4 atom stereocenters. The van der Waals surface area contributed by atoms with E-state index in [1.807, 2.05) is 6.92 Å². The van der Waals surface area contributed by atoms with E-state index < -0.39 is 6.10 Å². The number of aliphatic hydroxyl groups excluding tert-OH is 1. The minimum atomic E-state index is -0.422. The van der Waals surface area contributed by atoms with Gasteiger partial charge < -0.3 is 15.6 Å². The molecule has 0 bridgehead atoms. The molecule has 3 nitrogen and oxygen atoms in total. The first-order valence-corrected chi connectivity index (χ1v) is 5.55. The second-order valence-electron chi connectivity index (χ2n) is 4.80. The van der Waals surface area contributed by atoms with Crippen molar-refractivity contribution >= 4 is 0 Å². The molecule has 1 aliphatic rings. The normalized spacial score (nSPS) is 37.1. The van der Waals surface area contributed by atoms with Gasteiger partial charge >= 0.3 is 0 Å². The van der Waals surface area contributed by atoms with Gasteiger partial charge in [-0.05, 0) is 39.0 Å². The van der Waals surface area contributed by atoms with Crippen LogP contribution in [-0.2, 0) is 4.74 Å². The van der Waals surface area contributed by atoms with Gasteiger partial charge in [0.05, 0.1) is 17.8 Å². The molecule has 0 amide bonds. The van der Waals surface area contributed by atoms with Crippen molar-refractivity contribution in [2.75, 3.05) is 6.54 Å². The topological polar surface area (TPSA) is 55.5 Å². The Morgan fingerprint density at radius 2 is 2.21 bits per heavy atom. The first-order chi connectivity index (χ1) is 6.49. The average Bonchev–Trinajstić information content (AvgIpc) is 2.48. The van der Waals surface area contributed by atoms with E-state index in [1.165, 1.54) is 6.42 Å². The third kappa shape index (κ3) is 2.69. The molecule has 1 fully saturated rings. The van der Waals surface area contributed by atoms with Crippen molar-refractivity contribution in [3.05, 3.63) is 0 Å². The summed E-state index contributed by atoms with van der Waals surface area (Å²) in [5.74, 6) is 0.694. The zero-order chi connectivity index (χ0) is 10.8. The molecule has 0 aromatic rings. The van der Waals surface area contributed by atoms with Crippen LogP contribution in [0.5, 0.6) is 0 Å². The summed E-state index contributed by atoms with van der Waals surface area (Å²) in [6, 6.07) is 0. The lowest BCUT2D eigenvalue weighted by Crippen LogP contribution is -2.43. The summed E-state index contributed by atoms with van der Waals surface area (Å²) in [7, 11) is 0. The molecule has 3 N–H and O–H groups in total. The minimum Gasteiger partial charge on any atom is -0.391 e. The fourth-order valence-corrected chi connectivity index (χ4v) is 2.18. The second kappa shape index (κ2) is 4.60. The molecule has 0 saturated heterocycles. The molecular formula is C11H23NO2. The van der Waals surface area contributed by atoms with E-state index in [4.69, 9.17) is 10.5 Å². The van der Waals surface area contributed by atoms with Crippen molar-refractivity contribution in [1.82, 2.24) is 0 Å². The third-order valence-corrected chi connectivity index (χ3v) is 3.30. The zero-order valence-electron chi connectivity index (χ0n) is 9.49. The van der Waals surface area contributed by atoms with Gasteiger partial charge in [-0.25, -0.2) is 0 Å². The van der Waals surface area contributed by atoms with Crippen LogP contribution in [0.1, 0.15) is 40.0 Å². The second-order valence-corrected chi connectivity index (χ2v) is 4.80. The molecule has 14 heavy (non-hydrogen) atoms. The Morgan fingerprint density at radius 3 is 2.57 bits per heavy atom. The Kier molecular flexibility index (Phi) is 3.93. The Balaban J connectivity index is 2.54. The highest BCUT2D eigenvalue weighted by atomic mass is 16.5. The highest BCUT2D eigenvalue weighted by molar-refractivity contribution is 4.91. The van der Waals surface area contributed by atoms with Crippen molar-refractivity contribution in [3.8, 4) is 0 Å². The quantitative estimate of drug-likeness (QED) is 0.720. The number of nitrogens with two attached hydrogens (primary N) is 1. The lowest BCUT2D eigenvalue weighted by molar-refractivity contribution is -0.117. The van der Waals surface area contributed by atoms with Gasteiger partial charge in [-0.3, -0.25) is 0 Å². The van der Waals surface area contributed by atoms with Gasteiger partial charge in [0, 0.05) is 6.54 Å². The Labute approximate surface area is 86.6 Å². The molecule has 1 aliphatic carbocycles. The summed E-state index contributed by atoms with van der Waals surface area (Å²) >= 11 is 0. The first kappa shape index (κ1) is 12.0. The summed E-state index contributed by atoms with van der Waals surface area (Å²) in [6.45, 7) is 6.46. The highest BCUT2D eigenvalue weighted by Crippen LogP contribution is 2.37. The van der Waals surface area contributed by atoms with Crippen molar-refractivity contribution < 1.29 is 9.84 Å². The van der Waals surface area contributed by atoms with E-state index in [1.54, 1.807) is 6.92 Å². The van der Waals surface area contributed by atoms with Crippen LogP contribution in [-0.4, -0.2) is 29.5 Å². The van der Waals surface area contributed by atoms with Crippen LogP contribution in [0.25, 0.3) is 0 Å². The van der Waals surface area contributed by atoms with Crippen LogP contribution < -0.4 is 5.73 Å². The van der Waals surface area contributed by atoms with Gasteiger partial charge in [-0.1, -0.05) is 6.92 Å². The molecule has 0 spiro atoms. The molecule has 3 heteroatoms. The maximum atomic E-state index is 9.39. The smallest absolute Gasteiger partial charge is 0.0811 e. The van der Waals surface area contributed by atoms with Crippen molar-refractivity contribution in [2.45, 2.75) is 57.8 Å². The summed E-state index contributed by atoms with van der Waals surface area (Å²) in [4.78, 5) is 0. The van der Waals surface area contributed by atoms with E-state index in [0.29, 0.717) is 12.5 Å². The van der Waals surface area contributed by atoms with E-state index in [-0.39, 0.29) is 11.7 Å². The van der Waals surface area contributed by atoms with Crippen LogP contribution in [0.4, 0.5) is 0 Å². The fraction of sp³-hybridized carbons (Fsp3) is 1.00. The van der Waals surface area contributed by atoms with Gasteiger partial charge in [-0.15, -0.1) is 0 Å². The standard InChI is InChI=1S/C11H23NO2/c1-8-4-5-11(6-8,7-12)14-10(3)9(2)13/h8-10,13H,4-7,12H2,1-3H3. The molecule has 4 unspecified atom stereocenters. The number of hydrogen-bond donors (Lipinski definition) is 2. The molecule has 1 rings (SSSR count). The third-order valence-electron chi connectivity index (χ3n) is 3.30. The van der Waals surface area contributed by atoms with Crippen molar-refractivity contribution in [1.29, 1.82) is 0 Å². The van der Waals surface area contributed by atoms with Crippen molar-refractivity contribution in [3.63, 3.8) is 0 Å². The van der Waals surface area contributed by atoms with Gasteiger partial charge in [0.2, 0.25) is 0 Å². The monoisotopic (exact) mass is 201 g/mol. The highest BCUT2D eigenvalue weighted by Gasteiger charge is 2.39. The number of rotatable bonds is 4. The predicted octanol–water partition coefficient (Wildman–Crippen LogP) is 1.29. The van der Waals surface area contributed by atoms with Gasteiger partial charge in [-0.2, -0.15) is 0 Å². The average molecular weight is 201 g/mol. The first-order valence-electron chi connectivity index (χ1n) is 5.55. The maximum Gasteiger partial charge on any atom is 0.0811 e. The Morgan fingerprint density at radius 1 is 1.57 bits per heavy atom. The SMILES string of the molecule is CC1CCC(CN)(OC(C)C(C)O)C1. The molecule has 0 radical (unpaired) electrons. The van der Waals surface area contributed by atoms with Gasteiger partial charge in [0.1, 0.15) is 0 Å². The van der Waals surface area contributed by atoms with Gasteiger partial charge in [0.25, 0.3) is 0 Å². The van der Waals surface area contributed by atoms with Crippen LogP contribution in [0.15, 0.2) is 0 Å². The molecule has 84 valence electrons. The number of aliphatic hydroxyl groups is 1. The van der Waals surface area contributed by atoms with Crippen LogP contribution in [0.3, 0.4) is 0 Å². The van der Waals surface area contributed by atoms with E-state index in [9.17, 15) is 5.11 Å². The Hall–Kier alpha value is -0.120. The van der Waals surface area contributed by atoms with E-state index in [2.05, 4.69) is 6.92 Å². The molecule has 1 saturated carbocycles. The van der Waals surface area contributed by atoms with E-state index >= 15 is 0 Å². The summed E-state index contributed by atoms with van der Waals surface area (Å²) in [5.41, 5.74) is 5.60.